The average Bonchev–Trinajstić information content (AvgIpc) is 2.66. The highest BCUT2D eigenvalue weighted by Crippen LogP contribution is 2.24. The van der Waals surface area contributed by atoms with Gasteiger partial charge in [0.2, 0.25) is 0 Å². The lowest BCUT2D eigenvalue weighted by Gasteiger charge is -2.02. The molecule has 0 radical (unpaired) electrons. The maximum Gasteiger partial charge on any atom is 0.267 e. The molecule has 90 valence electrons. The van der Waals surface area contributed by atoms with Gasteiger partial charge in [-0.1, -0.05) is 11.6 Å². The van der Waals surface area contributed by atoms with Gasteiger partial charge in [0.1, 0.15) is 5.82 Å². The minimum absolute atomic E-state index is 0.0169. The molecule has 0 spiro atoms. The van der Waals surface area contributed by atoms with E-state index in [4.69, 9.17) is 17.3 Å². The second-order valence-electron chi connectivity index (χ2n) is 3.60. The van der Waals surface area contributed by atoms with Gasteiger partial charge in [0, 0.05) is 11.1 Å². The van der Waals surface area contributed by atoms with Gasteiger partial charge in [0.25, 0.3) is 5.56 Å². The SMILES string of the molecule is NCCc1c(-c2ccc(F)c(Cl)c2)[nH][nH]c1=O. The van der Waals surface area contributed by atoms with Gasteiger partial charge in [-0.25, -0.2) is 4.39 Å². The van der Waals surface area contributed by atoms with Gasteiger partial charge in [-0.05, 0) is 31.2 Å². The molecule has 2 aromatic rings. The van der Waals surface area contributed by atoms with Crippen molar-refractivity contribution in [2.75, 3.05) is 6.54 Å². The van der Waals surface area contributed by atoms with Crippen LogP contribution >= 0.6 is 11.6 Å². The normalized spacial score (nSPS) is 10.8. The van der Waals surface area contributed by atoms with Crippen molar-refractivity contribution in [3.63, 3.8) is 0 Å². The molecule has 0 saturated carbocycles. The maximum absolute atomic E-state index is 13.0. The third-order valence-electron chi connectivity index (χ3n) is 2.48. The first-order valence-corrected chi connectivity index (χ1v) is 5.46. The molecule has 1 heterocycles. The van der Waals surface area contributed by atoms with Gasteiger partial charge in [-0.15, -0.1) is 0 Å². The van der Waals surface area contributed by atoms with Crippen LogP contribution in [-0.2, 0) is 6.42 Å². The zero-order valence-corrected chi connectivity index (χ0v) is 9.64. The van der Waals surface area contributed by atoms with E-state index in [9.17, 15) is 9.18 Å². The van der Waals surface area contributed by atoms with Crippen LogP contribution in [0, 0.1) is 5.82 Å². The van der Waals surface area contributed by atoms with Gasteiger partial charge in [-0.3, -0.25) is 15.0 Å². The van der Waals surface area contributed by atoms with Crippen LogP contribution in [0.15, 0.2) is 23.0 Å². The summed E-state index contributed by atoms with van der Waals surface area (Å²) in [6.45, 7) is 0.364. The Labute approximate surface area is 102 Å². The molecule has 6 heteroatoms. The van der Waals surface area contributed by atoms with Crippen molar-refractivity contribution in [1.82, 2.24) is 10.2 Å². The molecule has 4 nitrogen and oxygen atoms in total. The third-order valence-corrected chi connectivity index (χ3v) is 2.77. The van der Waals surface area contributed by atoms with Gasteiger partial charge in [-0.2, -0.15) is 0 Å². The number of aromatic amines is 2. The first-order valence-electron chi connectivity index (χ1n) is 5.08. The first-order chi connectivity index (χ1) is 8.13. The van der Waals surface area contributed by atoms with E-state index >= 15 is 0 Å². The monoisotopic (exact) mass is 255 g/mol. The molecule has 0 saturated heterocycles. The topological polar surface area (TPSA) is 74.7 Å². The van der Waals surface area contributed by atoms with Gasteiger partial charge < -0.3 is 5.73 Å². The van der Waals surface area contributed by atoms with Gasteiger partial charge in [0.05, 0.1) is 10.7 Å². The van der Waals surface area contributed by atoms with Crippen LogP contribution in [0.4, 0.5) is 4.39 Å². The Bertz CT molecular complexity index is 591. The minimum atomic E-state index is -0.492. The van der Waals surface area contributed by atoms with Crippen LogP contribution < -0.4 is 11.3 Å². The molecular formula is C11H11ClFN3O. The van der Waals surface area contributed by atoms with E-state index in [1.54, 1.807) is 6.07 Å². The summed E-state index contributed by atoms with van der Waals surface area (Å²) in [7, 11) is 0. The number of halogens is 2. The highest BCUT2D eigenvalue weighted by atomic mass is 35.5. The molecule has 1 aromatic carbocycles. The number of nitrogens with one attached hydrogen (secondary N) is 2. The van der Waals surface area contributed by atoms with E-state index in [1.807, 2.05) is 0 Å². The van der Waals surface area contributed by atoms with Crippen LogP contribution in [0.5, 0.6) is 0 Å². The van der Waals surface area contributed by atoms with Crippen molar-refractivity contribution in [3.05, 3.63) is 45.0 Å². The number of nitrogens with two attached hydrogens (primary N) is 1. The van der Waals surface area contributed by atoms with E-state index in [1.165, 1.54) is 12.1 Å². The summed E-state index contributed by atoms with van der Waals surface area (Å²) in [5.41, 5.74) is 7.02. The van der Waals surface area contributed by atoms with Crippen LogP contribution in [0.1, 0.15) is 5.56 Å². The summed E-state index contributed by atoms with van der Waals surface area (Å²) in [6.07, 6.45) is 0.448. The smallest absolute Gasteiger partial charge is 0.267 e. The van der Waals surface area contributed by atoms with E-state index in [2.05, 4.69) is 10.2 Å². The number of H-pyrrole nitrogens is 2. The molecule has 2 rings (SSSR count). The first kappa shape index (κ1) is 11.9. The molecule has 0 aliphatic rings. The Morgan fingerprint density at radius 2 is 2.12 bits per heavy atom. The number of hydrogen-bond donors (Lipinski definition) is 3. The number of aromatic nitrogens is 2. The fraction of sp³-hybridized carbons (Fsp3) is 0.182. The summed E-state index contributed by atoms with van der Waals surface area (Å²) in [5, 5.41) is 5.25. The second-order valence-corrected chi connectivity index (χ2v) is 4.01. The van der Waals surface area contributed by atoms with Gasteiger partial charge in [0.15, 0.2) is 0 Å². The summed E-state index contributed by atoms with van der Waals surface area (Å²) in [5.74, 6) is -0.492. The number of hydrogen-bond acceptors (Lipinski definition) is 2. The fourth-order valence-corrected chi connectivity index (χ4v) is 1.85. The van der Waals surface area contributed by atoms with Crippen molar-refractivity contribution in [2.24, 2.45) is 5.73 Å². The highest BCUT2D eigenvalue weighted by molar-refractivity contribution is 6.31. The summed E-state index contributed by atoms with van der Waals surface area (Å²) < 4.78 is 13.0. The van der Waals surface area contributed by atoms with E-state index in [-0.39, 0.29) is 10.6 Å². The molecule has 0 aliphatic heterocycles. The van der Waals surface area contributed by atoms with Gasteiger partial charge >= 0.3 is 0 Å². The Balaban J connectivity index is 2.52. The molecule has 1 aromatic heterocycles. The molecule has 17 heavy (non-hydrogen) atoms. The Kier molecular flexibility index (Phi) is 3.31. The molecule has 0 bridgehead atoms. The standard InChI is InChI=1S/C11H11ClFN3O/c12-8-5-6(1-2-9(8)13)10-7(3-4-14)11(17)16-15-10/h1-2,5H,3-4,14H2,(H2,15,16,17). The zero-order chi connectivity index (χ0) is 12.4. The van der Waals surface area contributed by atoms with Crippen molar-refractivity contribution in [2.45, 2.75) is 6.42 Å². The molecule has 4 N–H and O–H groups in total. The minimum Gasteiger partial charge on any atom is -0.330 e. The molecular weight excluding hydrogens is 245 g/mol. The highest BCUT2D eigenvalue weighted by Gasteiger charge is 2.12. The van der Waals surface area contributed by atoms with Crippen molar-refractivity contribution in [3.8, 4) is 11.3 Å². The average molecular weight is 256 g/mol. The summed E-state index contributed by atoms with van der Waals surface area (Å²) >= 11 is 5.70. The van der Waals surface area contributed by atoms with E-state index < -0.39 is 5.82 Å². The van der Waals surface area contributed by atoms with Crippen molar-refractivity contribution < 1.29 is 4.39 Å². The lowest BCUT2D eigenvalue weighted by Crippen LogP contribution is -2.12. The predicted molar refractivity (Wildman–Crippen MR) is 64.6 cm³/mol. The molecule has 0 fully saturated rings. The molecule has 0 unspecified atom stereocenters. The van der Waals surface area contributed by atoms with Crippen LogP contribution in [0.25, 0.3) is 11.3 Å². The number of benzene rings is 1. The van der Waals surface area contributed by atoms with E-state index in [0.717, 1.165) is 0 Å². The van der Waals surface area contributed by atoms with Crippen LogP contribution in [-0.4, -0.2) is 16.7 Å². The largest absolute Gasteiger partial charge is 0.330 e. The molecule has 0 aliphatic carbocycles. The lowest BCUT2D eigenvalue weighted by atomic mass is 10.1. The molecule has 0 atom stereocenters. The van der Waals surface area contributed by atoms with Crippen LogP contribution in [0.2, 0.25) is 5.02 Å². The van der Waals surface area contributed by atoms with E-state index in [0.29, 0.717) is 29.8 Å². The second kappa shape index (κ2) is 4.73. The quantitative estimate of drug-likeness (QED) is 0.780. The summed E-state index contributed by atoms with van der Waals surface area (Å²) in [4.78, 5) is 11.5. The Morgan fingerprint density at radius 1 is 1.35 bits per heavy atom. The third kappa shape index (κ3) is 2.25. The predicted octanol–water partition coefficient (Wildman–Crippen LogP) is 1.66. The maximum atomic E-state index is 13.0. The van der Waals surface area contributed by atoms with Crippen molar-refractivity contribution >= 4 is 11.6 Å². The fourth-order valence-electron chi connectivity index (χ4n) is 1.66. The van der Waals surface area contributed by atoms with Crippen LogP contribution in [0.3, 0.4) is 0 Å². The number of rotatable bonds is 3. The van der Waals surface area contributed by atoms with Crippen molar-refractivity contribution in [1.29, 1.82) is 0 Å². The lowest BCUT2D eigenvalue weighted by molar-refractivity contribution is 0.628. The Morgan fingerprint density at radius 3 is 2.76 bits per heavy atom. The zero-order valence-electron chi connectivity index (χ0n) is 8.89. The Hall–Kier alpha value is -1.59. The summed E-state index contributed by atoms with van der Waals surface area (Å²) in [6, 6.07) is 4.28. The molecule has 0 amide bonds.